The van der Waals surface area contributed by atoms with Gasteiger partial charge in [-0.1, -0.05) is 0 Å². The maximum atomic E-state index is 5.09. The van der Waals surface area contributed by atoms with Gasteiger partial charge in [-0.2, -0.15) is 0 Å². The smallest absolute Gasteiger partial charge is 0.234 e. The molecule has 0 saturated carbocycles. The quantitative estimate of drug-likeness (QED) is 0.415. The molecule has 0 aromatic rings. The first kappa shape index (κ1) is 4.23. The first-order valence-corrected chi connectivity index (χ1v) is 2.64. The number of fused-ring (bicyclic) bond motifs is 1. The molecule has 1 fully saturated rings. The van der Waals surface area contributed by atoms with Gasteiger partial charge in [0.05, 0.1) is 6.20 Å². The highest BCUT2D eigenvalue weighted by atomic mass is 16.5. The molecule has 0 spiro atoms. The van der Waals surface area contributed by atoms with Gasteiger partial charge in [-0.05, 0) is 0 Å². The molecule has 0 aromatic carbocycles. The van der Waals surface area contributed by atoms with Gasteiger partial charge in [0.1, 0.15) is 12.8 Å². The maximum Gasteiger partial charge on any atom is 0.234 e. The Morgan fingerprint density at radius 1 is 1.75 bits per heavy atom. The lowest BCUT2D eigenvalue weighted by molar-refractivity contribution is -0.754. The Labute approximate surface area is 47.3 Å². The second-order valence-electron chi connectivity index (χ2n) is 1.91. The van der Waals surface area contributed by atoms with Crippen LogP contribution < -0.4 is 4.90 Å². The van der Waals surface area contributed by atoms with Gasteiger partial charge in [0.2, 0.25) is 5.84 Å². The number of rotatable bonds is 0. The SMILES string of the molecule is C1=C[NH+]2COCC2=N1. The molecule has 2 heterocycles. The number of hydrogen-bond acceptors (Lipinski definition) is 2. The van der Waals surface area contributed by atoms with E-state index in [9.17, 15) is 0 Å². The molecule has 2 aliphatic rings. The van der Waals surface area contributed by atoms with Crippen molar-refractivity contribution in [2.24, 2.45) is 4.99 Å². The average molecular weight is 111 g/mol. The minimum absolute atomic E-state index is 0.711. The molecule has 0 radical (unpaired) electrons. The fourth-order valence-electron chi connectivity index (χ4n) is 0.915. The molecule has 1 atom stereocenters. The second-order valence-corrected chi connectivity index (χ2v) is 1.91. The van der Waals surface area contributed by atoms with Gasteiger partial charge in [0, 0.05) is 0 Å². The van der Waals surface area contributed by atoms with E-state index in [1.807, 2.05) is 12.4 Å². The second kappa shape index (κ2) is 1.40. The van der Waals surface area contributed by atoms with E-state index in [-0.39, 0.29) is 0 Å². The van der Waals surface area contributed by atoms with Crippen LogP contribution in [-0.2, 0) is 4.74 Å². The highest BCUT2D eigenvalue weighted by Crippen LogP contribution is 1.87. The summed E-state index contributed by atoms with van der Waals surface area (Å²) in [6.45, 7) is 1.47. The monoisotopic (exact) mass is 111 g/mol. The van der Waals surface area contributed by atoms with Crippen LogP contribution in [0.15, 0.2) is 17.4 Å². The molecule has 1 saturated heterocycles. The van der Waals surface area contributed by atoms with Gasteiger partial charge in [-0.25, -0.2) is 9.89 Å². The zero-order chi connectivity index (χ0) is 5.40. The molecule has 0 aromatic heterocycles. The van der Waals surface area contributed by atoms with Crippen LogP contribution in [0, 0.1) is 0 Å². The number of ether oxygens (including phenoxy) is 1. The highest BCUT2D eigenvalue weighted by molar-refractivity contribution is 5.77. The summed E-state index contributed by atoms with van der Waals surface area (Å²) in [5, 5.41) is 0. The first-order chi connectivity index (χ1) is 3.97. The minimum Gasteiger partial charge on any atom is -0.319 e. The molecule has 42 valence electrons. The Bertz CT molecular complexity index is 162. The lowest BCUT2D eigenvalue weighted by atomic mass is 10.6. The number of hydrogen-bond donors (Lipinski definition) is 1. The van der Waals surface area contributed by atoms with Gasteiger partial charge in [0.15, 0.2) is 6.73 Å². The molecule has 2 rings (SSSR count). The molecule has 0 bridgehead atoms. The van der Waals surface area contributed by atoms with E-state index in [1.165, 1.54) is 4.90 Å². The summed E-state index contributed by atoms with van der Waals surface area (Å²) in [7, 11) is 0. The zero-order valence-electron chi connectivity index (χ0n) is 4.42. The van der Waals surface area contributed by atoms with E-state index in [4.69, 9.17) is 4.74 Å². The number of amidine groups is 1. The van der Waals surface area contributed by atoms with Crippen LogP contribution in [-0.4, -0.2) is 19.2 Å². The number of nitrogens with one attached hydrogen (secondary N) is 1. The fourth-order valence-corrected chi connectivity index (χ4v) is 0.915. The van der Waals surface area contributed by atoms with Crippen molar-refractivity contribution in [3.05, 3.63) is 12.4 Å². The van der Waals surface area contributed by atoms with Gasteiger partial charge in [-0.3, -0.25) is 0 Å². The van der Waals surface area contributed by atoms with Crippen LogP contribution in [0.3, 0.4) is 0 Å². The normalized spacial score (nSPS) is 33.0. The summed E-state index contributed by atoms with van der Waals surface area (Å²) in [5.74, 6) is 1.12. The van der Waals surface area contributed by atoms with E-state index in [2.05, 4.69) is 4.99 Å². The lowest BCUT2D eigenvalue weighted by Gasteiger charge is -1.94. The fraction of sp³-hybridized carbons (Fsp3) is 0.400. The van der Waals surface area contributed by atoms with Crippen LogP contribution >= 0.6 is 0 Å². The molecule has 0 amide bonds. The van der Waals surface area contributed by atoms with Crippen LogP contribution in [0.4, 0.5) is 0 Å². The summed E-state index contributed by atoms with van der Waals surface area (Å²) >= 11 is 0. The van der Waals surface area contributed by atoms with E-state index >= 15 is 0 Å². The van der Waals surface area contributed by atoms with Crippen LogP contribution in [0.5, 0.6) is 0 Å². The largest absolute Gasteiger partial charge is 0.319 e. The summed E-state index contributed by atoms with van der Waals surface area (Å²) < 4.78 is 5.09. The molecular weight excluding hydrogens is 104 g/mol. The first-order valence-electron chi connectivity index (χ1n) is 2.64. The van der Waals surface area contributed by atoms with Crippen molar-refractivity contribution in [1.29, 1.82) is 0 Å². The summed E-state index contributed by atoms with van der Waals surface area (Å²) in [5.41, 5.74) is 0. The maximum absolute atomic E-state index is 5.09. The summed E-state index contributed by atoms with van der Waals surface area (Å²) in [4.78, 5) is 5.33. The molecule has 1 unspecified atom stereocenters. The minimum atomic E-state index is 0.711. The Hall–Kier alpha value is -0.670. The van der Waals surface area contributed by atoms with Crippen molar-refractivity contribution in [2.75, 3.05) is 13.3 Å². The van der Waals surface area contributed by atoms with Gasteiger partial charge < -0.3 is 4.74 Å². The summed E-state index contributed by atoms with van der Waals surface area (Å²) in [6, 6.07) is 0. The third-order valence-corrected chi connectivity index (χ3v) is 1.37. The van der Waals surface area contributed by atoms with Crippen molar-refractivity contribution < 1.29 is 9.64 Å². The zero-order valence-corrected chi connectivity index (χ0v) is 4.42. The molecular formula is C5H7N2O+. The Morgan fingerprint density at radius 3 is 3.62 bits per heavy atom. The molecule has 3 nitrogen and oxygen atoms in total. The van der Waals surface area contributed by atoms with Crippen molar-refractivity contribution in [3.8, 4) is 0 Å². The van der Waals surface area contributed by atoms with Crippen molar-refractivity contribution in [2.45, 2.75) is 0 Å². The molecule has 2 aliphatic heterocycles. The number of nitrogens with zero attached hydrogens (tertiary/aromatic N) is 1. The predicted molar refractivity (Wildman–Crippen MR) is 28.4 cm³/mol. The predicted octanol–water partition coefficient (Wildman–Crippen LogP) is -1.26. The van der Waals surface area contributed by atoms with E-state index < -0.39 is 0 Å². The standard InChI is InChI=1S/C5H6N2O/c1-2-7-4-8-3-5(7)6-1/h1-2H,3-4H2/p+1. The summed E-state index contributed by atoms with van der Waals surface area (Å²) in [6.07, 6.45) is 3.83. The average Bonchev–Trinajstić information content (AvgIpc) is 2.15. The van der Waals surface area contributed by atoms with Crippen molar-refractivity contribution >= 4 is 5.84 Å². The third-order valence-electron chi connectivity index (χ3n) is 1.37. The van der Waals surface area contributed by atoms with Crippen molar-refractivity contribution in [3.63, 3.8) is 0 Å². The molecule has 3 heteroatoms. The molecule has 8 heavy (non-hydrogen) atoms. The van der Waals surface area contributed by atoms with E-state index in [0.29, 0.717) is 6.61 Å². The van der Waals surface area contributed by atoms with E-state index in [0.717, 1.165) is 12.6 Å². The van der Waals surface area contributed by atoms with Crippen LogP contribution in [0.25, 0.3) is 0 Å². The molecule has 0 aliphatic carbocycles. The van der Waals surface area contributed by atoms with Gasteiger partial charge >= 0.3 is 0 Å². The third kappa shape index (κ3) is 0.425. The number of aliphatic imine (C=N–C) groups is 1. The van der Waals surface area contributed by atoms with Gasteiger partial charge in [-0.15, -0.1) is 0 Å². The number of quaternary nitrogens is 1. The van der Waals surface area contributed by atoms with Crippen LogP contribution in [0.1, 0.15) is 0 Å². The van der Waals surface area contributed by atoms with E-state index in [1.54, 1.807) is 0 Å². The van der Waals surface area contributed by atoms with Gasteiger partial charge in [0.25, 0.3) is 0 Å². The van der Waals surface area contributed by atoms with Crippen LogP contribution in [0.2, 0.25) is 0 Å². The molecule has 1 N–H and O–H groups in total. The Morgan fingerprint density at radius 2 is 2.75 bits per heavy atom. The topological polar surface area (TPSA) is 26.0 Å². The Balaban J connectivity index is 2.29. The highest BCUT2D eigenvalue weighted by Gasteiger charge is 2.25. The lowest BCUT2D eigenvalue weighted by Crippen LogP contribution is -3.07. The van der Waals surface area contributed by atoms with Crippen molar-refractivity contribution in [1.82, 2.24) is 0 Å². The Kier molecular flexibility index (Phi) is 0.741.